The summed E-state index contributed by atoms with van der Waals surface area (Å²) >= 11 is 0. The van der Waals surface area contributed by atoms with Crippen molar-refractivity contribution in [3.05, 3.63) is 65.7 Å². The summed E-state index contributed by atoms with van der Waals surface area (Å²) in [6.45, 7) is 6.99. The van der Waals surface area contributed by atoms with Crippen molar-refractivity contribution >= 4 is 18.0 Å². The predicted molar refractivity (Wildman–Crippen MR) is 131 cm³/mol. The molecule has 0 spiro atoms. The minimum atomic E-state index is -1.07. The first-order valence-corrected chi connectivity index (χ1v) is 11.6. The molecular formula is C27H35NO7. The Hall–Kier alpha value is -3.55. The first kappa shape index (κ1) is 27.7. The second kappa shape index (κ2) is 13.4. The molecule has 0 saturated heterocycles. The van der Waals surface area contributed by atoms with Gasteiger partial charge in [0.25, 0.3) is 0 Å². The van der Waals surface area contributed by atoms with Crippen LogP contribution in [-0.2, 0) is 37.0 Å². The second-order valence-electron chi connectivity index (χ2n) is 8.99. The smallest absolute Gasteiger partial charge is 0.408 e. The van der Waals surface area contributed by atoms with Crippen LogP contribution in [0.5, 0.6) is 5.75 Å². The molecule has 0 aromatic heterocycles. The quantitative estimate of drug-likeness (QED) is 0.345. The minimum Gasteiger partial charge on any atom is -0.497 e. The third-order valence-electron chi connectivity index (χ3n) is 5.61. The van der Waals surface area contributed by atoms with Crippen LogP contribution in [0.15, 0.2) is 54.6 Å². The van der Waals surface area contributed by atoms with Crippen molar-refractivity contribution in [2.45, 2.75) is 53.4 Å². The third kappa shape index (κ3) is 8.96. The number of esters is 2. The van der Waals surface area contributed by atoms with Gasteiger partial charge in [-0.1, -0.05) is 62.7 Å². The summed E-state index contributed by atoms with van der Waals surface area (Å²) in [6, 6.07) is 15.5. The molecule has 2 atom stereocenters. The molecule has 8 heteroatoms. The molecule has 0 aliphatic heterocycles. The average Bonchev–Trinajstić information content (AvgIpc) is 2.88. The molecule has 0 radical (unpaired) electrons. The monoisotopic (exact) mass is 485 g/mol. The predicted octanol–water partition coefficient (Wildman–Crippen LogP) is 4.65. The molecule has 0 aliphatic carbocycles. The largest absolute Gasteiger partial charge is 0.497 e. The number of rotatable bonds is 12. The molecule has 0 heterocycles. The molecular weight excluding hydrogens is 450 g/mol. The number of amides is 1. The molecule has 0 fully saturated rings. The van der Waals surface area contributed by atoms with Crippen LogP contribution in [0.25, 0.3) is 0 Å². The van der Waals surface area contributed by atoms with E-state index in [1.165, 1.54) is 0 Å². The van der Waals surface area contributed by atoms with Crippen molar-refractivity contribution in [1.29, 1.82) is 0 Å². The van der Waals surface area contributed by atoms with Gasteiger partial charge in [0, 0.05) is 0 Å². The van der Waals surface area contributed by atoms with Crippen LogP contribution in [0.1, 0.15) is 45.2 Å². The molecule has 2 rings (SSSR count). The molecule has 35 heavy (non-hydrogen) atoms. The van der Waals surface area contributed by atoms with Crippen molar-refractivity contribution < 1.29 is 33.3 Å². The van der Waals surface area contributed by atoms with E-state index < -0.39 is 29.5 Å². The van der Waals surface area contributed by atoms with Gasteiger partial charge in [0.15, 0.2) is 0 Å². The standard InChI is InChI=1S/C27H35NO7/c1-6-19(2)23(28-26(31)34-17-20-10-8-7-9-11-20)24(29)35-18-27(3,4)25(30)33-16-21-12-14-22(32-5)15-13-21/h7-15,19,23H,6,16-18H2,1-5H3,(H,28,31)/t19-,23-/m0/s1. The van der Waals surface area contributed by atoms with E-state index in [9.17, 15) is 14.4 Å². The lowest BCUT2D eigenvalue weighted by molar-refractivity contribution is -0.164. The summed E-state index contributed by atoms with van der Waals surface area (Å²) < 4.78 is 21.2. The van der Waals surface area contributed by atoms with Gasteiger partial charge in [0.2, 0.25) is 0 Å². The second-order valence-corrected chi connectivity index (χ2v) is 8.99. The van der Waals surface area contributed by atoms with Crippen LogP contribution < -0.4 is 10.1 Å². The highest BCUT2D eigenvalue weighted by molar-refractivity contribution is 5.82. The molecule has 0 bridgehead atoms. The van der Waals surface area contributed by atoms with Crippen molar-refractivity contribution in [1.82, 2.24) is 5.32 Å². The fourth-order valence-corrected chi connectivity index (χ4v) is 3.03. The minimum absolute atomic E-state index is 0.0853. The van der Waals surface area contributed by atoms with Gasteiger partial charge in [-0.2, -0.15) is 0 Å². The van der Waals surface area contributed by atoms with Crippen LogP contribution in [-0.4, -0.2) is 37.8 Å². The topological polar surface area (TPSA) is 100 Å². The summed E-state index contributed by atoms with van der Waals surface area (Å²) in [4.78, 5) is 37.7. The molecule has 190 valence electrons. The Labute approximate surface area is 206 Å². The number of ether oxygens (including phenoxy) is 4. The zero-order valence-electron chi connectivity index (χ0n) is 21.0. The Morgan fingerprint density at radius 1 is 0.886 bits per heavy atom. The Morgan fingerprint density at radius 3 is 2.09 bits per heavy atom. The van der Waals surface area contributed by atoms with E-state index in [0.717, 1.165) is 11.1 Å². The van der Waals surface area contributed by atoms with Crippen LogP contribution in [0, 0.1) is 11.3 Å². The van der Waals surface area contributed by atoms with Gasteiger partial charge in [-0.15, -0.1) is 0 Å². The van der Waals surface area contributed by atoms with E-state index in [2.05, 4.69) is 5.32 Å². The number of nitrogens with one attached hydrogen (secondary N) is 1. The van der Waals surface area contributed by atoms with Crippen LogP contribution in [0.2, 0.25) is 0 Å². The highest BCUT2D eigenvalue weighted by Crippen LogP contribution is 2.21. The zero-order chi connectivity index (χ0) is 25.8. The lowest BCUT2D eigenvalue weighted by atomic mass is 9.94. The van der Waals surface area contributed by atoms with Gasteiger partial charge < -0.3 is 24.3 Å². The Morgan fingerprint density at radius 2 is 1.49 bits per heavy atom. The Bertz CT molecular complexity index is 957. The van der Waals surface area contributed by atoms with E-state index in [1.807, 2.05) is 44.2 Å². The molecule has 0 unspecified atom stereocenters. The van der Waals surface area contributed by atoms with Crippen LogP contribution in [0.3, 0.4) is 0 Å². The summed E-state index contributed by atoms with van der Waals surface area (Å²) in [6.07, 6.45) is -0.0827. The lowest BCUT2D eigenvalue weighted by Gasteiger charge is -2.26. The highest BCUT2D eigenvalue weighted by atomic mass is 16.6. The highest BCUT2D eigenvalue weighted by Gasteiger charge is 2.34. The maximum atomic E-state index is 12.8. The molecule has 1 amide bonds. The number of alkyl carbamates (subject to hydrolysis) is 1. The number of hydrogen-bond donors (Lipinski definition) is 1. The lowest BCUT2D eigenvalue weighted by Crippen LogP contribution is -2.47. The Balaban J connectivity index is 1.88. The fraction of sp³-hybridized carbons (Fsp3) is 0.444. The van der Waals surface area contributed by atoms with Crippen molar-refractivity contribution in [3.63, 3.8) is 0 Å². The van der Waals surface area contributed by atoms with Gasteiger partial charge in [-0.3, -0.25) is 4.79 Å². The molecule has 0 saturated carbocycles. The van der Waals surface area contributed by atoms with Gasteiger partial charge in [0.05, 0.1) is 12.5 Å². The Kier molecular flexibility index (Phi) is 10.6. The number of benzene rings is 2. The van der Waals surface area contributed by atoms with Crippen molar-refractivity contribution in [3.8, 4) is 5.75 Å². The zero-order valence-corrected chi connectivity index (χ0v) is 21.0. The maximum Gasteiger partial charge on any atom is 0.408 e. The summed E-state index contributed by atoms with van der Waals surface area (Å²) in [5, 5.41) is 2.60. The van der Waals surface area contributed by atoms with Gasteiger partial charge in [0.1, 0.15) is 31.6 Å². The summed E-state index contributed by atoms with van der Waals surface area (Å²) in [7, 11) is 1.58. The molecule has 0 aliphatic rings. The normalized spacial score (nSPS) is 12.7. The van der Waals surface area contributed by atoms with E-state index >= 15 is 0 Å². The molecule has 2 aromatic rings. The van der Waals surface area contributed by atoms with Gasteiger partial charge in [-0.25, -0.2) is 9.59 Å². The van der Waals surface area contributed by atoms with Gasteiger partial charge >= 0.3 is 18.0 Å². The third-order valence-corrected chi connectivity index (χ3v) is 5.61. The summed E-state index contributed by atoms with van der Waals surface area (Å²) in [5.74, 6) is -0.624. The molecule has 2 aromatic carbocycles. The van der Waals surface area contributed by atoms with E-state index in [-0.39, 0.29) is 25.7 Å². The fourth-order valence-electron chi connectivity index (χ4n) is 3.03. The molecule has 8 nitrogen and oxygen atoms in total. The van der Waals surface area contributed by atoms with E-state index in [0.29, 0.717) is 12.2 Å². The number of hydrogen-bond acceptors (Lipinski definition) is 7. The maximum absolute atomic E-state index is 12.8. The summed E-state index contributed by atoms with van der Waals surface area (Å²) in [5.41, 5.74) is 0.567. The number of methoxy groups -OCH3 is 1. The first-order chi connectivity index (χ1) is 16.7. The number of carbonyl (C=O) groups excluding carboxylic acids is 3. The first-order valence-electron chi connectivity index (χ1n) is 11.6. The average molecular weight is 486 g/mol. The van der Waals surface area contributed by atoms with Gasteiger partial charge in [-0.05, 0) is 43.0 Å². The number of carbonyl (C=O) groups is 3. The van der Waals surface area contributed by atoms with E-state index in [4.69, 9.17) is 18.9 Å². The SMILES string of the molecule is CC[C@H](C)[C@H](NC(=O)OCc1ccccc1)C(=O)OCC(C)(C)C(=O)OCc1ccc(OC)cc1. The molecule has 1 N–H and O–H groups in total. The van der Waals surface area contributed by atoms with E-state index in [1.54, 1.807) is 45.2 Å². The van der Waals surface area contributed by atoms with Crippen LogP contribution >= 0.6 is 0 Å². The van der Waals surface area contributed by atoms with Crippen molar-refractivity contribution in [2.75, 3.05) is 13.7 Å². The van der Waals surface area contributed by atoms with Crippen molar-refractivity contribution in [2.24, 2.45) is 11.3 Å². The van der Waals surface area contributed by atoms with Crippen LogP contribution in [0.4, 0.5) is 4.79 Å².